The molecule has 0 atom stereocenters. The van der Waals surface area contributed by atoms with Gasteiger partial charge in [0, 0.05) is 30.4 Å². The fraction of sp³-hybridized carbons (Fsp3) is 0.400. The second-order valence-corrected chi connectivity index (χ2v) is 7.32. The van der Waals surface area contributed by atoms with Crippen LogP contribution in [0.2, 0.25) is 0 Å². The first kappa shape index (κ1) is 20.8. The number of alkyl halides is 2. The molecule has 0 fully saturated rings. The Bertz CT molecular complexity index is 592. The summed E-state index contributed by atoms with van der Waals surface area (Å²) >= 11 is 10.1. The van der Waals surface area contributed by atoms with E-state index in [1.54, 1.807) is 0 Å². The molecule has 0 amide bonds. The molecule has 2 aromatic rings. The summed E-state index contributed by atoms with van der Waals surface area (Å²) in [6.07, 6.45) is 0. The minimum absolute atomic E-state index is 0.0630. The summed E-state index contributed by atoms with van der Waals surface area (Å²) in [6.45, 7) is 7.92. The van der Waals surface area contributed by atoms with E-state index in [-0.39, 0.29) is 5.41 Å². The molecule has 0 bridgehead atoms. The van der Waals surface area contributed by atoms with Crippen LogP contribution in [-0.4, -0.2) is 16.9 Å². The fourth-order valence-corrected chi connectivity index (χ4v) is 2.12. The van der Waals surface area contributed by atoms with Crippen LogP contribution in [0.25, 0.3) is 0 Å². The van der Waals surface area contributed by atoms with Crippen molar-refractivity contribution < 1.29 is 5.11 Å². The smallest absolute Gasteiger partial charge is 0.120 e. The molecule has 0 saturated carbocycles. The summed E-state index contributed by atoms with van der Waals surface area (Å²) in [5, 5.41) is 13.5. The Labute approximate surface area is 155 Å². The maximum absolute atomic E-state index is 10.1. The van der Waals surface area contributed by atoms with Crippen LogP contribution in [0, 0.1) is 0 Å². The first-order chi connectivity index (χ1) is 11.4. The van der Waals surface area contributed by atoms with E-state index in [1.807, 2.05) is 30.3 Å². The molecule has 0 spiro atoms. The average Bonchev–Trinajstić information content (AvgIpc) is 2.56. The van der Waals surface area contributed by atoms with Gasteiger partial charge in [-0.2, -0.15) is 0 Å². The second kappa shape index (κ2) is 10.6. The van der Waals surface area contributed by atoms with Gasteiger partial charge in [0.15, 0.2) is 0 Å². The number of nitrogens with one attached hydrogen (secondary N) is 1. The number of aromatic hydroxyl groups is 1. The molecule has 0 heterocycles. The molecule has 132 valence electrons. The van der Waals surface area contributed by atoms with E-state index in [4.69, 9.17) is 23.2 Å². The van der Waals surface area contributed by atoms with Gasteiger partial charge in [-0.15, -0.1) is 23.2 Å². The third kappa shape index (κ3) is 7.57. The third-order valence-electron chi connectivity index (χ3n) is 3.51. The standard InChI is InChI=1S/C18H23NO.C2H4Cl2/c1-18(2,3)16-10-9-15(17(20)11-16)13-19-12-14-7-5-4-6-8-14;3-1-2-4/h4-11,19-20H,12-13H2,1-3H3;1-2H2. The Morgan fingerprint density at radius 2 is 1.54 bits per heavy atom. The molecule has 2 nitrogen and oxygen atoms in total. The SMILES string of the molecule is CC(C)(C)c1ccc(CNCc2ccccc2)c(O)c1.ClCCCl. The van der Waals surface area contributed by atoms with Crippen LogP contribution in [0.1, 0.15) is 37.5 Å². The zero-order valence-corrected chi connectivity index (χ0v) is 16.2. The van der Waals surface area contributed by atoms with Gasteiger partial charge in [0.1, 0.15) is 5.75 Å². The van der Waals surface area contributed by atoms with Gasteiger partial charge >= 0.3 is 0 Å². The zero-order chi connectivity index (χ0) is 18.0. The lowest BCUT2D eigenvalue weighted by molar-refractivity contribution is 0.460. The van der Waals surface area contributed by atoms with Crippen molar-refractivity contribution in [3.8, 4) is 5.75 Å². The van der Waals surface area contributed by atoms with Gasteiger partial charge in [-0.25, -0.2) is 0 Å². The highest BCUT2D eigenvalue weighted by Gasteiger charge is 2.15. The first-order valence-electron chi connectivity index (χ1n) is 8.07. The molecule has 2 aromatic carbocycles. The minimum Gasteiger partial charge on any atom is -0.508 e. The highest BCUT2D eigenvalue weighted by Crippen LogP contribution is 2.27. The van der Waals surface area contributed by atoms with E-state index < -0.39 is 0 Å². The molecule has 0 aliphatic heterocycles. The van der Waals surface area contributed by atoms with E-state index in [2.05, 4.69) is 44.3 Å². The van der Waals surface area contributed by atoms with Crippen molar-refractivity contribution in [2.24, 2.45) is 0 Å². The summed E-state index contributed by atoms with van der Waals surface area (Å²) < 4.78 is 0. The highest BCUT2D eigenvalue weighted by atomic mass is 35.5. The molecule has 0 radical (unpaired) electrons. The van der Waals surface area contributed by atoms with Gasteiger partial charge in [-0.3, -0.25) is 0 Å². The van der Waals surface area contributed by atoms with Gasteiger partial charge in [0.05, 0.1) is 0 Å². The molecule has 24 heavy (non-hydrogen) atoms. The van der Waals surface area contributed by atoms with Crippen molar-refractivity contribution in [1.82, 2.24) is 5.32 Å². The Morgan fingerprint density at radius 3 is 2.04 bits per heavy atom. The molecule has 0 unspecified atom stereocenters. The van der Waals surface area contributed by atoms with Crippen molar-refractivity contribution in [1.29, 1.82) is 0 Å². The predicted octanol–water partition coefficient (Wildman–Crippen LogP) is 5.44. The van der Waals surface area contributed by atoms with Gasteiger partial charge < -0.3 is 10.4 Å². The topological polar surface area (TPSA) is 32.3 Å². The summed E-state index contributed by atoms with van der Waals surface area (Å²) in [6, 6.07) is 16.2. The molecular formula is C20H27Cl2NO. The number of benzene rings is 2. The fourth-order valence-electron chi connectivity index (χ4n) is 2.12. The van der Waals surface area contributed by atoms with Crippen LogP contribution in [-0.2, 0) is 18.5 Å². The molecule has 2 rings (SSSR count). The number of phenols is 1. The van der Waals surface area contributed by atoms with Crippen LogP contribution in [0.4, 0.5) is 0 Å². The third-order valence-corrected chi connectivity index (χ3v) is 4.08. The van der Waals surface area contributed by atoms with Gasteiger partial charge in [-0.1, -0.05) is 63.2 Å². The Morgan fingerprint density at radius 1 is 0.917 bits per heavy atom. The average molecular weight is 368 g/mol. The van der Waals surface area contributed by atoms with Gasteiger partial charge in [0.2, 0.25) is 0 Å². The summed E-state index contributed by atoms with van der Waals surface area (Å²) in [4.78, 5) is 0. The van der Waals surface area contributed by atoms with Gasteiger partial charge in [0.25, 0.3) is 0 Å². The van der Waals surface area contributed by atoms with Crippen molar-refractivity contribution >= 4 is 23.2 Å². The molecule has 0 aliphatic carbocycles. The molecule has 2 N–H and O–H groups in total. The van der Waals surface area contributed by atoms with Gasteiger partial charge in [-0.05, 0) is 22.6 Å². The lowest BCUT2D eigenvalue weighted by Crippen LogP contribution is -2.14. The largest absolute Gasteiger partial charge is 0.508 e. The van der Waals surface area contributed by atoms with E-state index in [9.17, 15) is 5.11 Å². The summed E-state index contributed by atoms with van der Waals surface area (Å²) in [5.74, 6) is 1.49. The normalized spacial score (nSPS) is 10.9. The highest BCUT2D eigenvalue weighted by molar-refractivity contribution is 6.25. The minimum atomic E-state index is 0.0630. The zero-order valence-electron chi connectivity index (χ0n) is 14.7. The van der Waals surface area contributed by atoms with Crippen LogP contribution in [0.5, 0.6) is 5.75 Å². The maximum atomic E-state index is 10.1. The van der Waals surface area contributed by atoms with Crippen LogP contribution < -0.4 is 5.32 Å². The molecule has 4 heteroatoms. The number of hydrogen-bond donors (Lipinski definition) is 2. The number of phenolic OH excluding ortho intramolecular Hbond substituents is 1. The first-order valence-corrected chi connectivity index (χ1v) is 9.14. The number of hydrogen-bond acceptors (Lipinski definition) is 2. The van der Waals surface area contributed by atoms with Crippen molar-refractivity contribution in [2.75, 3.05) is 11.8 Å². The van der Waals surface area contributed by atoms with E-state index in [0.29, 0.717) is 24.1 Å². The maximum Gasteiger partial charge on any atom is 0.120 e. The Kier molecular flexibility index (Phi) is 9.20. The van der Waals surface area contributed by atoms with Crippen LogP contribution >= 0.6 is 23.2 Å². The van der Waals surface area contributed by atoms with Crippen molar-refractivity contribution in [3.05, 3.63) is 65.2 Å². The number of rotatable bonds is 5. The lowest BCUT2D eigenvalue weighted by Gasteiger charge is -2.20. The molecule has 0 saturated heterocycles. The lowest BCUT2D eigenvalue weighted by atomic mass is 9.86. The predicted molar refractivity (Wildman–Crippen MR) is 105 cm³/mol. The quantitative estimate of drug-likeness (QED) is 0.689. The molecule has 0 aliphatic rings. The van der Waals surface area contributed by atoms with Crippen molar-refractivity contribution in [3.63, 3.8) is 0 Å². The van der Waals surface area contributed by atoms with E-state index in [1.165, 1.54) is 5.56 Å². The monoisotopic (exact) mass is 367 g/mol. The molecular weight excluding hydrogens is 341 g/mol. The summed E-state index contributed by atoms with van der Waals surface area (Å²) in [5.41, 5.74) is 3.40. The van der Waals surface area contributed by atoms with E-state index in [0.717, 1.165) is 17.7 Å². The summed E-state index contributed by atoms with van der Waals surface area (Å²) in [7, 11) is 0. The number of halogens is 2. The van der Waals surface area contributed by atoms with Crippen LogP contribution in [0.15, 0.2) is 48.5 Å². The van der Waals surface area contributed by atoms with Crippen LogP contribution in [0.3, 0.4) is 0 Å². The van der Waals surface area contributed by atoms with E-state index >= 15 is 0 Å². The van der Waals surface area contributed by atoms with Crippen molar-refractivity contribution in [2.45, 2.75) is 39.3 Å². The Hall–Kier alpha value is -1.22. The second-order valence-electron chi connectivity index (χ2n) is 6.56. The molecule has 0 aromatic heterocycles. The Balaban J connectivity index is 0.000000648.